The molecule has 0 radical (unpaired) electrons. The maximum Gasteiger partial charge on any atom is 0.238 e. The van der Waals surface area contributed by atoms with Crippen LogP contribution in [0, 0.1) is 5.92 Å². The van der Waals surface area contributed by atoms with Crippen LogP contribution in [0.4, 0.5) is 5.69 Å². The lowest BCUT2D eigenvalue weighted by Crippen LogP contribution is -2.51. The van der Waals surface area contributed by atoms with Crippen LogP contribution >= 0.6 is 0 Å². The molecule has 1 atom stereocenters. The van der Waals surface area contributed by atoms with Crippen LogP contribution in [0.15, 0.2) is 24.3 Å². The molecule has 1 heterocycles. The second kappa shape index (κ2) is 11.9. The third kappa shape index (κ3) is 8.54. The van der Waals surface area contributed by atoms with Crippen LogP contribution in [0.25, 0.3) is 0 Å². The maximum absolute atomic E-state index is 12.4. The fraction of sp³-hybridized carbons (Fsp3) is 0.652. The molecular weight excluding hydrogens is 364 g/mol. The quantitative estimate of drug-likeness (QED) is 0.632. The summed E-state index contributed by atoms with van der Waals surface area (Å²) in [5, 5.41) is 6.14. The number of carbonyl (C=O) groups excluding carboxylic acids is 2. The van der Waals surface area contributed by atoms with E-state index in [2.05, 4.69) is 48.1 Å². The lowest BCUT2D eigenvalue weighted by molar-refractivity contribution is -0.124. The van der Waals surface area contributed by atoms with E-state index in [1.54, 1.807) is 0 Å². The molecule has 1 saturated heterocycles. The third-order valence-corrected chi connectivity index (χ3v) is 5.46. The SMILES string of the molecule is CCc1ccccc1NC(=O)CN1CCN(CC(=O)N[C@H](C)CCC(C)C)CC1. The van der Waals surface area contributed by atoms with E-state index in [0.29, 0.717) is 19.0 Å². The molecule has 1 aromatic rings. The standard InChI is InChI=1S/C23H38N4O2/c1-5-20-8-6-7-9-21(20)25-23(29)17-27-14-12-26(13-15-27)16-22(28)24-19(4)11-10-18(2)3/h6-9,18-19H,5,10-17H2,1-4H3,(H,24,28)(H,25,29)/t19-/m1/s1. The van der Waals surface area contributed by atoms with Gasteiger partial charge >= 0.3 is 0 Å². The molecule has 0 unspecified atom stereocenters. The van der Waals surface area contributed by atoms with Crippen LogP contribution in [-0.4, -0.2) is 66.9 Å². The highest BCUT2D eigenvalue weighted by molar-refractivity contribution is 5.93. The van der Waals surface area contributed by atoms with Gasteiger partial charge in [-0.3, -0.25) is 19.4 Å². The predicted molar refractivity (Wildman–Crippen MR) is 119 cm³/mol. The topological polar surface area (TPSA) is 64.7 Å². The van der Waals surface area contributed by atoms with Gasteiger partial charge in [0.25, 0.3) is 0 Å². The molecule has 2 amide bonds. The van der Waals surface area contributed by atoms with Gasteiger partial charge in [-0.25, -0.2) is 0 Å². The molecule has 0 bridgehead atoms. The third-order valence-electron chi connectivity index (χ3n) is 5.46. The Kier molecular flexibility index (Phi) is 9.61. The number of carbonyl (C=O) groups is 2. The highest BCUT2D eigenvalue weighted by Gasteiger charge is 2.21. The summed E-state index contributed by atoms with van der Waals surface area (Å²) >= 11 is 0. The number of nitrogens with one attached hydrogen (secondary N) is 2. The Morgan fingerprint density at radius 2 is 1.52 bits per heavy atom. The van der Waals surface area contributed by atoms with Gasteiger partial charge in [0, 0.05) is 37.9 Å². The van der Waals surface area contributed by atoms with Crippen LogP contribution < -0.4 is 10.6 Å². The molecule has 162 valence electrons. The molecule has 29 heavy (non-hydrogen) atoms. The van der Waals surface area contributed by atoms with Crippen LogP contribution in [0.3, 0.4) is 0 Å². The van der Waals surface area contributed by atoms with Gasteiger partial charge in [-0.05, 0) is 43.7 Å². The highest BCUT2D eigenvalue weighted by atomic mass is 16.2. The fourth-order valence-corrected chi connectivity index (χ4v) is 3.63. The van der Waals surface area contributed by atoms with E-state index in [4.69, 9.17) is 0 Å². The lowest BCUT2D eigenvalue weighted by atomic mass is 10.0. The molecule has 1 fully saturated rings. The zero-order valence-electron chi connectivity index (χ0n) is 18.5. The first-order chi connectivity index (χ1) is 13.9. The minimum atomic E-state index is 0.0241. The van der Waals surface area contributed by atoms with Crippen molar-refractivity contribution >= 4 is 17.5 Å². The minimum Gasteiger partial charge on any atom is -0.353 e. The monoisotopic (exact) mass is 402 g/mol. The Morgan fingerprint density at radius 1 is 0.931 bits per heavy atom. The Labute approximate surface area is 176 Å². The smallest absolute Gasteiger partial charge is 0.238 e. The predicted octanol–water partition coefficient (Wildman–Crippen LogP) is 2.75. The Morgan fingerprint density at radius 3 is 2.10 bits per heavy atom. The fourth-order valence-electron chi connectivity index (χ4n) is 3.63. The molecular formula is C23H38N4O2. The lowest BCUT2D eigenvalue weighted by Gasteiger charge is -2.34. The maximum atomic E-state index is 12.4. The van der Waals surface area contributed by atoms with Gasteiger partial charge in [-0.1, -0.05) is 39.0 Å². The number of amides is 2. The summed E-state index contributed by atoms with van der Waals surface area (Å²) in [6, 6.07) is 8.16. The van der Waals surface area contributed by atoms with E-state index in [9.17, 15) is 9.59 Å². The van der Waals surface area contributed by atoms with Crippen LogP contribution in [0.2, 0.25) is 0 Å². The van der Waals surface area contributed by atoms with Crippen molar-refractivity contribution in [3.63, 3.8) is 0 Å². The molecule has 1 aromatic carbocycles. The van der Waals surface area contributed by atoms with Crippen LogP contribution in [0.5, 0.6) is 0 Å². The van der Waals surface area contributed by atoms with E-state index in [-0.39, 0.29) is 17.9 Å². The molecule has 0 saturated carbocycles. The van der Waals surface area contributed by atoms with Crippen LogP contribution in [0.1, 0.15) is 46.1 Å². The molecule has 0 aromatic heterocycles. The first-order valence-corrected chi connectivity index (χ1v) is 11.0. The normalized spacial score (nSPS) is 16.6. The van der Waals surface area contributed by atoms with Gasteiger partial charge in [0.2, 0.25) is 11.8 Å². The highest BCUT2D eigenvalue weighted by Crippen LogP contribution is 2.15. The molecule has 0 aliphatic carbocycles. The van der Waals surface area contributed by atoms with Gasteiger partial charge in [0.15, 0.2) is 0 Å². The van der Waals surface area contributed by atoms with E-state index < -0.39 is 0 Å². The zero-order valence-corrected chi connectivity index (χ0v) is 18.5. The molecule has 1 aliphatic rings. The first-order valence-electron chi connectivity index (χ1n) is 11.0. The average Bonchev–Trinajstić information content (AvgIpc) is 2.68. The Balaban J connectivity index is 1.68. The number of aryl methyl sites for hydroxylation is 1. The van der Waals surface area contributed by atoms with Gasteiger partial charge in [-0.2, -0.15) is 0 Å². The summed E-state index contributed by atoms with van der Waals surface area (Å²) in [4.78, 5) is 29.0. The van der Waals surface area contributed by atoms with Crippen molar-refractivity contribution in [2.45, 2.75) is 53.0 Å². The summed E-state index contributed by atoms with van der Waals surface area (Å²) in [5.74, 6) is 0.787. The molecule has 6 nitrogen and oxygen atoms in total. The van der Waals surface area contributed by atoms with E-state index in [1.165, 1.54) is 0 Å². The first kappa shape index (κ1) is 23.4. The molecule has 2 rings (SSSR count). The second-order valence-corrected chi connectivity index (χ2v) is 8.55. The number of rotatable bonds is 10. The number of hydrogen-bond donors (Lipinski definition) is 2. The molecule has 6 heteroatoms. The van der Waals surface area contributed by atoms with Crippen molar-refractivity contribution in [1.82, 2.24) is 15.1 Å². The van der Waals surface area contributed by atoms with Gasteiger partial charge in [-0.15, -0.1) is 0 Å². The number of benzene rings is 1. The molecule has 2 N–H and O–H groups in total. The molecule has 1 aliphatic heterocycles. The Bertz CT molecular complexity index is 654. The zero-order chi connectivity index (χ0) is 21.2. The summed E-state index contributed by atoms with van der Waals surface area (Å²) in [5.41, 5.74) is 2.06. The number of para-hydroxylation sites is 1. The summed E-state index contributed by atoms with van der Waals surface area (Å²) in [7, 11) is 0. The second-order valence-electron chi connectivity index (χ2n) is 8.55. The number of piperazine rings is 1. The van der Waals surface area contributed by atoms with Gasteiger partial charge in [0.05, 0.1) is 13.1 Å². The number of hydrogen-bond acceptors (Lipinski definition) is 4. The minimum absolute atomic E-state index is 0.0241. The number of nitrogens with zero attached hydrogens (tertiary/aromatic N) is 2. The van der Waals surface area contributed by atoms with Gasteiger partial charge in [0.1, 0.15) is 0 Å². The average molecular weight is 403 g/mol. The van der Waals surface area contributed by atoms with Crippen molar-refractivity contribution in [3.05, 3.63) is 29.8 Å². The van der Waals surface area contributed by atoms with Crippen molar-refractivity contribution in [3.8, 4) is 0 Å². The summed E-state index contributed by atoms with van der Waals surface area (Å²) in [6.45, 7) is 12.6. The summed E-state index contributed by atoms with van der Waals surface area (Å²) in [6.07, 6.45) is 3.05. The largest absolute Gasteiger partial charge is 0.353 e. The van der Waals surface area contributed by atoms with E-state index >= 15 is 0 Å². The van der Waals surface area contributed by atoms with Crippen molar-refractivity contribution in [2.75, 3.05) is 44.6 Å². The van der Waals surface area contributed by atoms with Crippen molar-refractivity contribution in [1.29, 1.82) is 0 Å². The van der Waals surface area contributed by atoms with Gasteiger partial charge < -0.3 is 10.6 Å². The molecule has 0 spiro atoms. The van der Waals surface area contributed by atoms with Crippen molar-refractivity contribution < 1.29 is 9.59 Å². The van der Waals surface area contributed by atoms with Crippen LogP contribution in [-0.2, 0) is 16.0 Å². The number of anilines is 1. The van der Waals surface area contributed by atoms with E-state index in [1.807, 2.05) is 24.3 Å². The summed E-state index contributed by atoms with van der Waals surface area (Å²) < 4.78 is 0. The van der Waals surface area contributed by atoms with Crippen molar-refractivity contribution in [2.24, 2.45) is 5.92 Å². The van der Waals surface area contributed by atoms with E-state index in [0.717, 1.165) is 56.7 Å². The Hall–Kier alpha value is -1.92.